The zero-order chi connectivity index (χ0) is 11.5. The Kier molecular flexibility index (Phi) is 3.34. The van der Waals surface area contributed by atoms with E-state index in [1.807, 2.05) is 0 Å². The number of anilines is 1. The summed E-state index contributed by atoms with van der Waals surface area (Å²) >= 11 is 0. The number of methoxy groups -OCH3 is 1. The molecule has 0 N–H and O–H groups in total. The molecule has 3 heteroatoms. The average molecular weight is 220 g/mol. The predicted octanol–water partition coefficient (Wildman–Crippen LogP) is 1.76. The number of nitrogens with zero attached hydrogens (tertiary/aromatic N) is 2. The monoisotopic (exact) mass is 220 g/mol. The van der Waals surface area contributed by atoms with Crippen LogP contribution in [-0.4, -0.2) is 45.2 Å². The molecule has 1 saturated heterocycles. The highest BCUT2D eigenvalue weighted by atomic mass is 16.5. The second kappa shape index (κ2) is 4.74. The largest absolute Gasteiger partial charge is 0.495 e. The zero-order valence-electron chi connectivity index (χ0n) is 10.4. The standard InChI is InChI=1S/C13H20N2O/c1-11-4-5-12(13(10-11)16-3)15-8-6-14(2)7-9-15/h4-5,10H,6-9H2,1-3H3. The lowest BCUT2D eigenvalue weighted by Crippen LogP contribution is -2.44. The van der Waals surface area contributed by atoms with Crippen LogP contribution in [-0.2, 0) is 0 Å². The molecule has 0 amide bonds. The summed E-state index contributed by atoms with van der Waals surface area (Å²) in [4.78, 5) is 4.76. The van der Waals surface area contributed by atoms with E-state index >= 15 is 0 Å². The van der Waals surface area contributed by atoms with Gasteiger partial charge in [0.1, 0.15) is 5.75 Å². The number of ether oxygens (including phenoxy) is 1. The summed E-state index contributed by atoms with van der Waals surface area (Å²) < 4.78 is 5.45. The molecular formula is C13H20N2O. The van der Waals surface area contributed by atoms with Crippen LogP contribution in [0.5, 0.6) is 5.75 Å². The first-order chi connectivity index (χ1) is 7.70. The highest BCUT2D eigenvalue weighted by molar-refractivity contribution is 5.60. The van der Waals surface area contributed by atoms with E-state index < -0.39 is 0 Å². The quantitative estimate of drug-likeness (QED) is 0.755. The van der Waals surface area contributed by atoms with Crippen LogP contribution >= 0.6 is 0 Å². The smallest absolute Gasteiger partial charge is 0.142 e. The van der Waals surface area contributed by atoms with Crippen molar-refractivity contribution in [3.05, 3.63) is 23.8 Å². The number of aryl methyl sites for hydroxylation is 1. The molecule has 1 fully saturated rings. The second-order valence-corrected chi connectivity index (χ2v) is 4.47. The summed E-state index contributed by atoms with van der Waals surface area (Å²) in [5.74, 6) is 0.990. The predicted molar refractivity (Wildman–Crippen MR) is 67.4 cm³/mol. The Bertz CT molecular complexity index is 357. The van der Waals surface area contributed by atoms with E-state index in [-0.39, 0.29) is 0 Å². The fourth-order valence-corrected chi connectivity index (χ4v) is 2.09. The highest BCUT2D eigenvalue weighted by Crippen LogP contribution is 2.29. The lowest BCUT2D eigenvalue weighted by Gasteiger charge is -2.34. The van der Waals surface area contributed by atoms with Crippen molar-refractivity contribution in [2.45, 2.75) is 6.92 Å². The Hall–Kier alpha value is -1.22. The molecule has 88 valence electrons. The van der Waals surface area contributed by atoms with Gasteiger partial charge in [-0.15, -0.1) is 0 Å². The fourth-order valence-electron chi connectivity index (χ4n) is 2.09. The van der Waals surface area contributed by atoms with Crippen LogP contribution in [0.2, 0.25) is 0 Å². The minimum Gasteiger partial charge on any atom is -0.495 e. The summed E-state index contributed by atoms with van der Waals surface area (Å²) in [5.41, 5.74) is 2.47. The number of hydrogen-bond acceptors (Lipinski definition) is 3. The third-order valence-electron chi connectivity index (χ3n) is 3.18. The summed E-state index contributed by atoms with van der Waals surface area (Å²) in [6.07, 6.45) is 0. The van der Waals surface area contributed by atoms with Gasteiger partial charge in [0, 0.05) is 26.2 Å². The minimum absolute atomic E-state index is 0.990. The molecule has 0 aliphatic carbocycles. The van der Waals surface area contributed by atoms with Crippen LogP contribution in [0.15, 0.2) is 18.2 Å². The first kappa shape index (κ1) is 11.3. The summed E-state index contributed by atoms with van der Waals surface area (Å²) in [7, 11) is 3.91. The summed E-state index contributed by atoms with van der Waals surface area (Å²) in [6.45, 7) is 6.50. The molecular weight excluding hydrogens is 200 g/mol. The van der Waals surface area contributed by atoms with Gasteiger partial charge in [-0.2, -0.15) is 0 Å². The van der Waals surface area contributed by atoms with Crippen molar-refractivity contribution in [2.24, 2.45) is 0 Å². The molecule has 0 spiro atoms. The van der Waals surface area contributed by atoms with Crippen LogP contribution in [0.1, 0.15) is 5.56 Å². The van der Waals surface area contributed by atoms with E-state index in [0.29, 0.717) is 0 Å². The summed E-state index contributed by atoms with van der Waals surface area (Å²) in [5, 5.41) is 0. The van der Waals surface area contributed by atoms with Gasteiger partial charge in [0.25, 0.3) is 0 Å². The summed E-state index contributed by atoms with van der Waals surface area (Å²) in [6, 6.07) is 6.42. The van der Waals surface area contributed by atoms with E-state index in [9.17, 15) is 0 Å². The maximum atomic E-state index is 5.45. The molecule has 1 aliphatic rings. The Morgan fingerprint density at radius 2 is 1.81 bits per heavy atom. The van der Waals surface area contributed by atoms with Crippen molar-refractivity contribution in [2.75, 3.05) is 45.2 Å². The molecule has 0 unspecified atom stereocenters. The first-order valence-corrected chi connectivity index (χ1v) is 5.79. The van der Waals surface area contributed by atoms with Crippen LogP contribution in [0.4, 0.5) is 5.69 Å². The Balaban J connectivity index is 2.19. The Morgan fingerprint density at radius 1 is 1.12 bits per heavy atom. The van der Waals surface area contributed by atoms with Gasteiger partial charge in [-0.1, -0.05) is 6.07 Å². The number of likely N-dealkylation sites (N-methyl/N-ethyl adjacent to an activating group) is 1. The molecule has 1 aromatic rings. The fraction of sp³-hybridized carbons (Fsp3) is 0.538. The Labute approximate surface area is 97.6 Å². The van der Waals surface area contributed by atoms with Gasteiger partial charge in [0.05, 0.1) is 12.8 Å². The van der Waals surface area contributed by atoms with Gasteiger partial charge >= 0.3 is 0 Å². The van der Waals surface area contributed by atoms with Crippen LogP contribution in [0.3, 0.4) is 0 Å². The zero-order valence-corrected chi connectivity index (χ0v) is 10.4. The van der Waals surface area contributed by atoms with Gasteiger partial charge in [0.15, 0.2) is 0 Å². The van der Waals surface area contributed by atoms with Crippen molar-refractivity contribution in [1.29, 1.82) is 0 Å². The molecule has 2 rings (SSSR count). The van der Waals surface area contributed by atoms with Crippen molar-refractivity contribution in [1.82, 2.24) is 4.90 Å². The van der Waals surface area contributed by atoms with Crippen molar-refractivity contribution >= 4 is 5.69 Å². The van der Waals surface area contributed by atoms with Crippen molar-refractivity contribution < 1.29 is 4.74 Å². The minimum atomic E-state index is 0.990. The van der Waals surface area contributed by atoms with E-state index in [1.54, 1.807) is 7.11 Å². The number of rotatable bonds is 2. The number of piperazine rings is 1. The Morgan fingerprint density at radius 3 is 2.44 bits per heavy atom. The molecule has 1 heterocycles. The van der Waals surface area contributed by atoms with Gasteiger partial charge < -0.3 is 14.5 Å². The van der Waals surface area contributed by atoms with Crippen molar-refractivity contribution in [3.63, 3.8) is 0 Å². The first-order valence-electron chi connectivity index (χ1n) is 5.79. The van der Waals surface area contributed by atoms with E-state index in [2.05, 4.69) is 42.0 Å². The maximum absolute atomic E-state index is 5.45. The van der Waals surface area contributed by atoms with Gasteiger partial charge in [0.2, 0.25) is 0 Å². The van der Waals surface area contributed by atoms with E-state index in [4.69, 9.17) is 4.74 Å². The van der Waals surface area contributed by atoms with Crippen molar-refractivity contribution in [3.8, 4) is 5.75 Å². The van der Waals surface area contributed by atoms with Crippen LogP contribution in [0.25, 0.3) is 0 Å². The molecule has 0 bridgehead atoms. The maximum Gasteiger partial charge on any atom is 0.142 e. The normalized spacial score (nSPS) is 17.6. The third-order valence-corrected chi connectivity index (χ3v) is 3.18. The highest BCUT2D eigenvalue weighted by Gasteiger charge is 2.17. The number of hydrogen-bond donors (Lipinski definition) is 0. The lowest BCUT2D eigenvalue weighted by molar-refractivity contribution is 0.311. The van der Waals surface area contributed by atoms with Crippen LogP contribution < -0.4 is 9.64 Å². The molecule has 3 nitrogen and oxygen atoms in total. The molecule has 16 heavy (non-hydrogen) atoms. The van der Waals surface area contributed by atoms with Gasteiger partial charge in [-0.3, -0.25) is 0 Å². The second-order valence-electron chi connectivity index (χ2n) is 4.47. The molecule has 0 atom stereocenters. The molecule has 0 saturated carbocycles. The molecule has 1 aromatic carbocycles. The average Bonchev–Trinajstić information content (AvgIpc) is 2.30. The lowest BCUT2D eigenvalue weighted by atomic mass is 10.2. The van der Waals surface area contributed by atoms with Gasteiger partial charge in [-0.25, -0.2) is 0 Å². The third kappa shape index (κ3) is 2.30. The topological polar surface area (TPSA) is 15.7 Å². The van der Waals surface area contributed by atoms with E-state index in [0.717, 1.165) is 31.9 Å². The molecule has 1 aliphatic heterocycles. The molecule has 0 aromatic heterocycles. The van der Waals surface area contributed by atoms with Crippen LogP contribution in [0, 0.1) is 6.92 Å². The SMILES string of the molecule is COc1cc(C)ccc1N1CCN(C)CC1. The van der Waals surface area contributed by atoms with Gasteiger partial charge in [-0.05, 0) is 31.7 Å². The molecule has 0 radical (unpaired) electrons. The number of benzene rings is 1. The van der Waals surface area contributed by atoms with E-state index in [1.165, 1.54) is 11.3 Å².